The van der Waals surface area contributed by atoms with E-state index < -0.39 is 6.10 Å². The van der Waals surface area contributed by atoms with Crippen LogP contribution in [0.3, 0.4) is 0 Å². The minimum absolute atomic E-state index is 0.256. The fourth-order valence-corrected chi connectivity index (χ4v) is 2.23. The van der Waals surface area contributed by atoms with Crippen LogP contribution in [0.2, 0.25) is 0 Å². The van der Waals surface area contributed by atoms with E-state index in [1.165, 1.54) is 0 Å². The molecule has 1 fully saturated rings. The van der Waals surface area contributed by atoms with Gasteiger partial charge in [-0.3, -0.25) is 4.79 Å². The van der Waals surface area contributed by atoms with Crippen molar-refractivity contribution >= 4 is 21.9 Å². The predicted molar refractivity (Wildman–Crippen MR) is 66.4 cm³/mol. The smallest absolute Gasteiger partial charge is 0.323 e. The van der Waals surface area contributed by atoms with Crippen LogP contribution in [0.5, 0.6) is 0 Å². The molecule has 2 N–H and O–H groups in total. The first kappa shape index (κ1) is 12.5. The second kappa shape index (κ2) is 5.62. The summed E-state index contributed by atoms with van der Waals surface area (Å²) in [5, 5.41) is 12.2. The van der Waals surface area contributed by atoms with Crippen molar-refractivity contribution in [3.05, 3.63) is 34.3 Å². The SMILES string of the molecule is O=C(OCc1cccc(Br)c1)C1CC(O)CN1. The van der Waals surface area contributed by atoms with Crippen molar-refractivity contribution in [2.75, 3.05) is 6.54 Å². The van der Waals surface area contributed by atoms with Crippen molar-refractivity contribution < 1.29 is 14.6 Å². The highest BCUT2D eigenvalue weighted by molar-refractivity contribution is 9.10. The molecule has 1 heterocycles. The number of carbonyl (C=O) groups is 1. The Bertz CT molecular complexity index is 410. The number of hydrogen-bond acceptors (Lipinski definition) is 4. The summed E-state index contributed by atoms with van der Waals surface area (Å²) in [6, 6.07) is 7.24. The largest absolute Gasteiger partial charge is 0.460 e. The summed E-state index contributed by atoms with van der Waals surface area (Å²) in [4.78, 5) is 11.6. The van der Waals surface area contributed by atoms with Crippen LogP contribution < -0.4 is 5.32 Å². The molecule has 0 aliphatic carbocycles. The molecule has 5 heteroatoms. The number of benzene rings is 1. The van der Waals surface area contributed by atoms with E-state index in [-0.39, 0.29) is 18.6 Å². The number of β-amino-alcohol motifs (C(OH)–C–C–N with tert-alkyl or cyclic N) is 1. The van der Waals surface area contributed by atoms with Gasteiger partial charge in [-0.15, -0.1) is 0 Å². The van der Waals surface area contributed by atoms with Crippen molar-refractivity contribution in [3.63, 3.8) is 0 Å². The van der Waals surface area contributed by atoms with Crippen LogP contribution in [0, 0.1) is 0 Å². The zero-order valence-electron chi connectivity index (χ0n) is 9.23. The van der Waals surface area contributed by atoms with Crippen LogP contribution in [0.1, 0.15) is 12.0 Å². The molecular formula is C12H14BrNO3. The third kappa shape index (κ3) is 3.52. The van der Waals surface area contributed by atoms with Crippen LogP contribution in [-0.4, -0.2) is 29.8 Å². The van der Waals surface area contributed by atoms with E-state index in [9.17, 15) is 9.90 Å². The first-order valence-electron chi connectivity index (χ1n) is 5.47. The number of ether oxygens (including phenoxy) is 1. The van der Waals surface area contributed by atoms with Crippen molar-refractivity contribution in [1.82, 2.24) is 5.32 Å². The molecule has 17 heavy (non-hydrogen) atoms. The Kier molecular flexibility index (Phi) is 4.15. The molecule has 1 aromatic rings. The van der Waals surface area contributed by atoms with Gasteiger partial charge in [0, 0.05) is 17.4 Å². The normalized spacial score (nSPS) is 23.6. The van der Waals surface area contributed by atoms with Crippen LogP contribution in [-0.2, 0) is 16.1 Å². The van der Waals surface area contributed by atoms with E-state index in [0.717, 1.165) is 10.0 Å². The van der Waals surface area contributed by atoms with Gasteiger partial charge < -0.3 is 15.2 Å². The summed E-state index contributed by atoms with van der Waals surface area (Å²) < 4.78 is 6.14. The van der Waals surface area contributed by atoms with Crippen LogP contribution in [0.25, 0.3) is 0 Å². The molecule has 0 radical (unpaired) electrons. The first-order valence-corrected chi connectivity index (χ1v) is 6.27. The van der Waals surface area contributed by atoms with Crippen molar-refractivity contribution in [2.45, 2.75) is 25.2 Å². The average molecular weight is 300 g/mol. The number of esters is 1. The number of aliphatic hydroxyl groups is 1. The Morgan fingerprint density at radius 2 is 2.41 bits per heavy atom. The summed E-state index contributed by atoms with van der Waals surface area (Å²) in [5.74, 6) is -0.304. The molecule has 2 rings (SSSR count). The van der Waals surface area contributed by atoms with Crippen molar-refractivity contribution in [2.24, 2.45) is 0 Å². The van der Waals surface area contributed by atoms with E-state index in [1.54, 1.807) is 0 Å². The molecule has 2 unspecified atom stereocenters. The Morgan fingerprint density at radius 1 is 1.59 bits per heavy atom. The molecule has 0 spiro atoms. The highest BCUT2D eigenvalue weighted by atomic mass is 79.9. The number of rotatable bonds is 3. The lowest BCUT2D eigenvalue weighted by Gasteiger charge is -2.10. The third-order valence-corrected chi connectivity index (χ3v) is 3.16. The Morgan fingerprint density at radius 3 is 3.06 bits per heavy atom. The summed E-state index contributed by atoms with van der Waals surface area (Å²) >= 11 is 3.36. The van der Waals surface area contributed by atoms with Gasteiger partial charge in [-0.1, -0.05) is 28.1 Å². The summed E-state index contributed by atoms with van der Waals surface area (Å²) in [6.07, 6.45) is -0.0180. The molecule has 1 aliphatic heterocycles. The van der Waals surface area contributed by atoms with Gasteiger partial charge in [-0.2, -0.15) is 0 Å². The highest BCUT2D eigenvalue weighted by Crippen LogP contribution is 2.13. The zero-order valence-corrected chi connectivity index (χ0v) is 10.8. The molecule has 0 amide bonds. The van der Waals surface area contributed by atoms with E-state index in [1.807, 2.05) is 24.3 Å². The maximum absolute atomic E-state index is 11.6. The highest BCUT2D eigenvalue weighted by Gasteiger charge is 2.29. The molecule has 1 aromatic carbocycles. The van der Waals surface area contributed by atoms with Crippen LogP contribution >= 0.6 is 15.9 Å². The Hall–Kier alpha value is -0.910. The van der Waals surface area contributed by atoms with Gasteiger partial charge in [0.1, 0.15) is 12.6 Å². The minimum atomic E-state index is -0.446. The van der Waals surface area contributed by atoms with E-state index in [0.29, 0.717) is 13.0 Å². The quantitative estimate of drug-likeness (QED) is 0.824. The number of hydrogen-bond donors (Lipinski definition) is 2. The fourth-order valence-electron chi connectivity index (χ4n) is 1.78. The van der Waals surface area contributed by atoms with Crippen LogP contribution in [0.4, 0.5) is 0 Å². The third-order valence-electron chi connectivity index (χ3n) is 2.66. The summed E-state index contributed by atoms with van der Waals surface area (Å²) in [5.41, 5.74) is 0.936. The van der Waals surface area contributed by atoms with E-state index in [4.69, 9.17) is 4.74 Å². The topological polar surface area (TPSA) is 58.6 Å². The Balaban J connectivity index is 1.84. The summed E-state index contributed by atoms with van der Waals surface area (Å²) in [7, 11) is 0. The second-order valence-electron chi connectivity index (χ2n) is 4.09. The van der Waals surface area contributed by atoms with Gasteiger partial charge >= 0.3 is 5.97 Å². The van der Waals surface area contributed by atoms with Crippen molar-refractivity contribution in [3.8, 4) is 0 Å². The Labute approximate surface area is 108 Å². The van der Waals surface area contributed by atoms with E-state index >= 15 is 0 Å². The van der Waals surface area contributed by atoms with Crippen molar-refractivity contribution in [1.29, 1.82) is 0 Å². The molecule has 4 nitrogen and oxygen atoms in total. The van der Waals surface area contributed by atoms with Gasteiger partial charge in [0.15, 0.2) is 0 Å². The number of carbonyl (C=O) groups excluding carboxylic acids is 1. The van der Waals surface area contributed by atoms with Gasteiger partial charge in [-0.05, 0) is 17.7 Å². The second-order valence-corrected chi connectivity index (χ2v) is 5.00. The number of aliphatic hydroxyl groups excluding tert-OH is 1. The average Bonchev–Trinajstić information content (AvgIpc) is 2.73. The minimum Gasteiger partial charge on any atom is -0.460 e. The number of halogens is 1. The van der Waals surface area contributed by atoms with Gasteiger partial charge in [0.2, 0.25) is 0 Å². The molecule has 1 saturated heterocycles. The van der Waals surface area contributed by atoms with E-state index in [2.05, 4.69) is 21.2 Å². The standard InChI is InChI=1S/C12H14BrNO3/c13-9-3-1-2-8(4-9)7-17-12(16)11-5-10(15)6-14-11/h1-4,10-11,14-15H,5-7H2. The molecule has 1 aliphatic rings. The van der Waals surface area contributed by atoms with Gasteiger partial charge in [0.25, 0.3) is 0 Å². The molecule has 0 saturated carbocycles. The lowest BCUT2D eigenvalue weighted by atomic mass is 10.2. The maximum atomic E-state index is 11.6. The monoisotopic (exact) mass is 299 g/mol. The molecule has 92 valence electrons. The lowest BCUT2D eigenvalue weighted by molar-refractivity contribution is -0.147. The number of nitrogens with one attached hydrogen (secondary N) is 1. The first-order chi connectivity index (χ1) is 8.15. The maximum Gasteiger partial charge on any atom is 0.323 e. The molecule has 0 aromatic heterocycles. The summed E-state index contributed by atoms with van der Waals surface area (Å²) in [6.45, 7) is 0.712. The molecule has 0 bridgehead atoms. The molecule has 2 atom stereocenters. The zero-order chi connectivity index (χ0) is 12.3. The molecular weight excluding hydrogens is 286 g/mol. The lowest BCUT2D eigenvalue weighted by Crippen LogP contribution is -2.32. The van der Waals surface area contributed by atoms with Gasteiger partial charge in [0.05, 0.1) is 6.10 Å². The van der Waals surface area contributed by atoms with Gasteiger partial charge in [-0.25, -0.2) is 0 Å². The van der Waals surface area contributed by atoms with Crippen LogP contribution in [0.15, 0.2) is 28.7 Å². The fraction of sp³-hybridized carbons (Fsp3) is 0.417. The predicted octanol–water partition coefficient (Wildman–Crippen LogP) is 1.22.